The average Bonchev–Trinajstić information content (AvgIpc) is 2.58. The van der Waals surface area contributed by atoms with Crippen LogP contribution in [0.4, 0.5) is 0 Å². The number of carbonyl (C=O) groups is 1. The Morgan fingerprint density at radius 1 is 1.33 bits per heavy atom. The summed E-state index contributed by atoms with van der Waals surface area (Å²) in [5, 5.41) is 4.86. The van der Waals surface area contributed by atoms with Gasteiger partial charge >= 0.3 is 0 Å². The lowest BCUT2D eigenvalue weighted by Crippen LogP contribution is -2.34. The van der Waals surface area contributed by atoms with Gasteiger partial charge in [-0.25, -0.2) is 4.68 Å². The molecule has 0 atom stereocenters. The molecule has 0 fully saturated rings. The van der Waals surface area contributed by atoms with Gasteiger partial charge < -0.3 is 0 Å². The molecular weight excluding hydrogens is 250 g/mol. The van der Waals surface area contributed by atoms with Gasteiger partial charge in [-0.05, 0) is 24.3 Å². The Kier molecular flexibility index (Phi) is 3.21. The molecule has 0 unspecified atom stereocenters. The summed E-state index contributed by atoms with van der Waals surface area (Å²) in [6, 6.07) is 7.15. The van der Waals surface area contributed by atoms with Crippen LogP contribution in [0.3, 0.4) is 0 Å². The molecule has 0 aliphatic rings. The molecule has 4 nitrogen and oxygen atoms in total. The molecule has 92 valence electrons. The third-order valence-corrected chi connectivity index (χ3v) is 2.69. The first-order valence-electron chi connectivity index (χ1n) is 5.29. The molecule has 1 aromatic carbocycles. The second-order valence-corrected chi connectivity index (χ2v) is 4.27. The Hall–Kier alpha value is -2.07. The van der Waals surface area contributed by atoms with E-state index in [1.54, 1.807) is 16.8 Å². The number of hydrogen-bond acceptors (Lipinski definition) is 1. The van der Waals surface area contributed by atoms with Crippen LogP contribution in [0.5, 0.6) is 0 Å². The van der Waals surface area contributed by atoms with E-state index in [-0.39, 0.29) is 5.91 Å². The molecule has 0 saturated carbocycles. The Balaban J connectivity index is 2.77. The molecule has 0 radical (unpaired) electrons. The first kappa shape index (κ1) is 12.4. The summed E-state index contributed by atoms with van der Waals surface area (Å²) in [6.07, 6.45) is 0. The summed E-state index contributed by atoms with van der Waals surface area (Å²) in [4.78, 5) is 15.1. The SMILES string of the molecule is C=c1[nH]n(-c2ccc(Cl)cc2)c(=NC(C)=O)c1=C. The van der Waals surface area contributed by atoms with Crippen molar-refractivity contribution >= 4 is 30.7 Å². The molecule has 0 spiro atoms. The largest absolute Gasteiger partial charge is 0.292 e. The van der Waals surface area contributed by atoms with Crippen molar-refractivity contribution in [3.63, 3.8) is 0 Å². The van der Waals surface area contributed by atoms with Crippen molar-refractivity contribution in [2.24, 2.45) is 4.99 Å². The fourth-order valence-electron chi connectivity index (χ4n) is 1.57. The number of rotatable bonds is 1. The molecule has 1 aromatic heterocycles. The van der Waals surface area contributed by atoms with Crippen LogP contribution in [0.2, 0.25) is 5.02 Å². The van der Waals surface area contributed by atoms with Gasteiger partial charge in [-0.15, -0.1) is 0 Å². The van der Waals surface area contributed by atoms with Gasteiger partial charge in [-0.2, -0.15) is 4.99 Å². The number of nitrogens with one attached hydrogen (secondary N) is 1. The van der Waals surface area contributed by atoms with Gasteiger partial charge in [0.25, 0.3) is 0 Å². The number of amides is 1. The minimum absolute atomic E-state index is 0.290. The van der Waals surface area contributed by atoms with E-state index in [0.29, 0.717) is 21.1 Å². The highest BCUT2D eigenvalue weighted by Gasteiger charge is 2.02. The standard InChI is InChI=1S/C13H12ClN3O/c1-8-9(2)16-17(13(8)15-10(3)18)12-6-4-11(14)5-7-12/h4-7,16H,1-2H2,3H3. The molecule has 1 amide bonds. The van der Waals surface area contributed by atoms with Crippen LogP contribution in [-0.4, -0.2) is 15.7 Å². The number of aromatic amines is 1. The highest BCUT2D eigenvalue weighted by Crippen LogP contribution is 2.10. The molecule has 0 saturated heterocycles. The number of hydrogen-bond donors (Lipinski definition) is 1. The van der Waals surface area contributed by atoms with Gasteiger partial charge in [0.15, 0.2) is 5.49 Å². The Morgan fingerprint density at radius 3 is 2.50 bits per heavy atom. The van der Waals surface area contributed by atoms with Crippen molar-refractivity contribution in [2.75, 3.05) is 0 Å². The van der Waals surface area contributed by atoms with Gasteiger partial charge in [-0.3, -0.25) is 9.89 Å². The fraction of sp³-hybridized carbons (Fsp3) is 0.0769. The fourth-order valence-corrected chi connectivity index (χ4v) is 1.69. The van der Waals surface area contributed by atoms with E-state index < -0.39 is 0 Å². The maximum Gasteiger partial charge on any atom is 0.244 e. The number of halogens is 1. The quantitative estimate of drug-likeness (QED) is 0.808. The van der Waals surface area contributed by atoms with Crippen LogP contribution in [0.25, 0.3) is 18.8 Å². The first-order valence-corrected chi connectivity index (χ1v) is 5.67. The molecule has 0 aliphatic heterocycles. The predicted octanol–water partition coefficient (Wildman–Crippen LogP) is 0.727. The van der Waals surface area contributed by atoms with Gasteiger partial charge in [0, 0.05) is 17.2 Å². The van der Waals surface area contributed by atoms with Gasteiger partial charge in [0.1, 0.15) is 0 Å². The molecule has 18 heavy (non-hydrogen) atoms. The van der Waals surface area contributed by atoms with E-state index in [9.17, 15) is 4.79 Å². The predicted molar refractivity (Wildman–Crippen MR) is 71.7 cm³/mol. The molecule has 0 bridgehead atoms. The highest BCUT2D eigenvalue weighted by molar-refractivity contribution is 6.30. The van der Waals surface area contributed by atoms with Crippen molar-refractivity contribution in [2.45, 2.75) is 6.92 Å². The molecule has 0 aliphatic carbocycles. The maximum absolute atomic E-state index is 11.1. The number of carbonyl (C=O) groups excluding carboxylic acids is 1. The third-order valence-electron chi connectivity index (χ3n) is 2.44. The Morgan fingerprint density at radius 2 is 1.94 bits per heavy atom. The monoisotopic (exact) mass is 261 g/mol. The lowest BCUT2D eigenvalue weighted by Gasteiger charge is -2.02. The Bertz CT molecular complexity index is 753. The molecule has 2 rings (SSSR count). The van der Waals surface area contributed by atoms with E-state index >= 15 is 0 Å². The molecule has 1 N–H and O–H groups in total. The van der Waals surface area contributed by atoms with Gasteiger partial charge in [-0.1, -0.05) is 24.8 Å². The summed E-state index contributed by atoms with van der Waals surface area (Å²) in [5.74, 6) is -0.290. The summed E-state index contributed by atoms with van der Waals surface area (Å²) >= 11 is 5.84. The zero-order valence-corrected chi connectivity index (χ0v) is 10.7. The first-order chi connectivity index (χ1) is 8.49. The molecular formula is C13H12ClN3O. The number of nitrogens with zero attached hydrogens (tertiary/aromatic N) is 2. The topological polar surface area (TPSA) is 50.1 Å². The molecule has 1 heterocycles. The van der Waals surface area contributed by atoms with E-state index in [2.05, 4.69) is 23.2 Å². The van der Waals surface area contributed by atoms with Crippen molar-refractivity contribution in [1.29, 1.82) is 0 Å². The third kappa shape index (κ3) is 2.28. The summed E-state index contributed by atoms with van der Waals surface area (Å²) < 4.78 is 1.66. The zero-order valence-electron chi connectivity index (χ0n) is 9.90. The van der Waals surface area contributed by atoms with Crippen molar-refractivity contribution in [3.05, 3.63) is 45.3 Å². The Labute approximate surface area is 109 Å². The van der Waals surface area contributed by atoms with Gasteiger partial charge in [0.05, 0.1) is 11.0 Å². The van der Waals surface area contributed by atoms with Crippen LogP contribution in [-0.2, 0) is 4.79 Å². The van der Waals surface area contributed by atoms with Crippen LogP contribution in [0.1, 0.15) is 6.92 Å². The van der Waals surface area contributed by atoms with E-state index in [1.165, 1.54) is 6.92 Å². The summed E-state index contributed by atoms with van der Waals surface area (Å²) in [7, 11) is 0. The van der Waals surface area contributed by atoms with E-state index in [0.717, 1.165) is 5.69 Å². The van der Waals surface area contributed by atoms with Crippen molar-refractivity contribution in [1.82, 2.24) is 9.78 Å². The second-order valence-electron chi connectivity index (χ2n) is 3.84. The van der Waals surface area contributed by atoms with Crippen LogP contribution in [0.15, 0.2) is 29.3 Å². The van der Waals surface area contributed by atoms with Crippen molar-refractivity contribution < 1.29 is 4.79 Å². The summed E-state index contributed by atoms with van der Waals surface area (Å²) in [6.45, 7) is 9.06. The second kappa shape index (κ2) is 4.66. The minimum atomic E-state index is -0.290. The zero-order chi connectivity index (χ0) is 13.3. The van der Waals surface area contributed by atoms with E-state index in [1.807, 2.05) is 12.1 Å². The molecule has 2 aromatic rings. The smallest absolute Gasteiger partial charge is 0.244 e. The van der Waals surface area contributed by atoms with Crippen LogP contribution >= 0.6 is 11.6 Å². The van der Waals surface area contributed by atoms with Crippen molar-refractivity contribution in [3.8, 4) is 5.69 Å². The number of H-pyrrole nitrogens is 1. The maximum atomic E-state index is 11.1. The lowest BCUT2D eigenvalue weighted by molar-refractivity contribution is -0.116. The summed E-state index contributed by atoms with van der Waals surface area (Å²) in [5.41, 5.74) is 1.26. The van der Waals surface area contributed by atoms with Gasteiger partial charge in [0.2, 0.25) is 5.91 Å². The van der Waals surface area contributed by atoms with E-state index in [4.69, 9.17) is 11.6 Å². The minimum Gasteiger partial charge on any atom is -0.292 e. The average molecular weight is 262 g/mol. The normalized spacial score (nSPS) is 11.8. The molecule has 5 heteroatoms. The van der Waals surface area contributed by atoms with Crippen LogP contribution < -0.4 is 16.1 Å². The van der Waals surface area contributed by atoms with Crippen LogP contribution in [0, 0.1) is 0 Å². The number of benzene rings is 1. The highest BCUT2D eigenvalue weighted by atomic mass is 35.5. The lowest BCUT2D eigenvalue weighted by atomic mass is 10.3. The number of aromatic nitrogens is 2.